The Labute approximate surface area is 99.1 Å². The second kappa shape index (κ2) is 4.38. The maximum Gasteiger partial charge on any atom is 0.183 e. The van der Waals surface area contributed by atoms with E-state index in [9.17, 15) is 0 Å². The lowest BCUT2D eigenvalue weighted by Crippen LogP contribution is -1.86. The molecule has 0 fully saturated rings. The van der Waals surface area contributed by atoms with Crippen molar-refractivity contribution in [1.29, 1.82) is 0 Å². The third-order valence-corrected chi connectivity index (χ3v) is 3.28. The molecular weight excluding hydrogens is 284 g/mol. The average molecular weight is 290 g/mol. The zero-order chi connectivity index (χ0) is 9.97. The highest BCUT2D eigenvalue weighted by molar-refractivity contribution is 9.11. The van der Waals surface area contributed by atoms with Gasteiger partial charge in [-0.15, -0.1) is 10.2 Å². The third-order valence-electron chi connectivity index (χ3n) is 1.69. The Bertz CT molecular complexity index is 444. The van der Waals surface area contributed by atoms with Crippen LogP contribution in [0.5, 0.6) is 0 Å². The van der Waals surface area contributed by atoms with Crippen LogP contribution in [0, 0.1) is 0 Å². The van der Waals surface area contributed by atoms with Crippen LogP contribution in [-0.4, -0.2) is 10.2 Å². The molecule has 14 heavy (non-hydrogen) atoms. The molecule has 0 aliphatic carbocycles. The molecular formula is C9H6BrClN2S. The van der Waals surface area contributed by atoms with Crippen molar-refractivity contribution in [1.82, 2.24) is 10.2 Å². The molecule has 0 saturated heterocycles. The Kier molecular flexibility index (Phi) is 3.15. The summed E-state index contributed by atoms with van der Waals surface area (Å²) in [6.45, 7) is 0. The van der Waals surface area contributed by atoms with Gasteiger partial charge < -0.3 is 0 Å². The van der Waals surface area contributed by atoms with Crippen molar-refractivity contribution in [2.75, 3.05) is 0 Å². The molecule has 2 aromatic rings. The Morgan fingerprint density at radius 3 is 2.86 bits per heavy atom. The molecule has 0 amide bonds. The number of aromatic nitrogens is 2. The number of halogens is 2. The summed E-state index contributed by atoms with van der Waals surface area (Å²) in [5, 5.41) is 9.65. The molecule has 2 nitrogen and oxygen atoms in total. The Morgan fingerprint density at radius 2 is 2.21 bits per heavy atom. The van der Waals surface area contributed by atoms with Gasteiger partial charge in [-0.1, -0.05) is 35.1 Å². The largest absolute Gasteiger partial charge is 0.183 e. The van der Waals surface area contributed by atoms with E-state index in [0.717, 1.165) is 25.9 Å². The van der Waals surface area contributed by atoms with Gasteiger partial charge in [-0.3, -0.25) is 0 Å². The zero-order valence-electron chi connectivity index (χ0n) is 7.08. The second-order valence-electron chi connectivity index (χ2n) is 2.76. The topological polar surface area (TPSA) is 25.8 Å². The highest BCUT2D eigenvalue weighted by Gasteiger charge is 2.02. The van der Waals surface area contributed by atoms with E-state index in [0.29, 0.717) is 0 Å². The minimum absolute atomic E-state index is 0.756. The van der Waals surface area contributed by atoms with E-state index in [2.05, 4.69) is 26.1 Å². The molecule has 5 heteroatoms. The van der Waals surface area contributed by atoms with Crippen molar-refractivity contribution in [2.24, 2.45) is 0 Å². The molecule has 0 spiro atoms. The summed E-state index contributed by atoms with van der Waals surface area (Å²) in [6.07, 6.45) is 0.782. The zero-order valence-corrected chi connectivity index (χ0v) is 10.2. The van der Waals surface area contributed by atoms with Gasteiger partial charge in [0.25, 0.3) is 0 Å². The first-order valence-electron chi connectivity index (χ1n) is 3.96. The van der Waals surface area contributed by atoms with Crippen LogP contribution in [0.3, 0.4) is 0 Å². The van der Waals surface area contributed by atoms with Crippen LogP contribution in [0.25, 0.3) is 0 Å². The minimum atomic E-state index is 0.756. The quantitative estimate of drug-likeness (QED) is 0.845. The highest BCUT2D eigenvalue weighted by Crippen LogP contribution is 2.20. The number of rotatable bonds is 2. The first kappa shape index (κ1) is 10.1. The molecule has 0 unspecified atom stereocenters. The fraction of sp³-hybridized carbons (Fsp3) is 0.111. The molecule has 1 heterocycles. The predicted octanol–water partition coefficient (Wildman–Crippen LogP) is 3.54. The third kappa shape index (κ3) is 2.53. The molecule has 0 atom stereocenters. The molecule has 0 N–H and O–H groups in total. The highest BCUT2D eigenvalue weighted by atomic mass is 79.9. The van der Waals surface area contributed by atoms with Crippen molar-refractivity contribution in [3.63, 3.8) is 0 Å². The first-order chi connectivity index (χ1) is 6.74. The minimum Gasteiger partial charge on any atom is -0.142 e. The predicted molar refractivity (Wildman–Crippen MR) is 61.9 cm³/mol. The van der Waals surface area contributed by atoms with Crippen LogP contribution >= 0.6 is 38.9 Å². The summed E-state index contributed by atoms with van der Waals surface area (Å²) in [6, 6.07) is 7.77. The normalized spacial score (nSPS) is 10.4. The summed E-state index contributed by atoms with van der Waals surface area (Å²) in [7, 11) is 0. The van der Waals surface area contributed by atoms with Crippen molar-refractivity contribution < 1.29 is 0 Å². The molecule has 0 bridgehead atoms. The summed E-state index contributed by atoms with van der Waals surface area (Å²) in [5.41, 5.74) is 1.15. The maximum atomic E-state index is 5.87. The standard InChI is InChI=1S/C9H6BrClN2S/c10-9-13-12-8(14-9)5-6-2-1-3-7(11)4-6/h1-4H,5H2. The first-order valence-corrected chi connectivity index (χ1v) is 5.95. The Hall–Kier alpha value is -0.450. The monoisotopic (exact) mass is 288 g/mol. The van der Waals surface area contributed by atoms with Gasteiger partial charge in [-0.2, -0.15) is 0 Å². The van der Waals surface area contributed by atoms with Crippen LogP contribution in [0.4, 0.5) is 0 Å². The average Bonchev–Trinajstić information content (AvgIpc) is 2.51. The van der Waals surface area contributed by atoms with E-state index in [4.69, 9.17) is 11.6 Å². The Morgan fingerprint density at radius 1 is 1.36 bits per heavy atom. The van der Waals surface area contributed by atoms with Crippen molar-refractivity contribution in [3.8, 4) is 0 Å². The molecule has 0 saturated carbocycles. The van der Waals surface area contributed by atoms with Gasteiger partial charge in [0.05, 0.1) is 0 Å². The van der Waals surface area contributed by atoms with E-state index < -0.39 is 0 Å². The number of benzene rings is 1. The van der Waals surface area contributed by atoms with Crippen molar-refractivity contribution in [3.05, 3.63) is 43.8 Å². The lowest BCUT2D eigenvalue weighted by atomic mass is 10.2. The molecule has 0 aliphatic heterocycles. The van der Waals surface area contributed by atoms with E-state index >= 15 is 0 Å². The van der Waals surface area contributed by atoms with E-state index in [1.54, 1.807) is 0 Å². The van der Waals surface area contributed by atoms with Gasteiger partial charge in [0, 0.05) is 11.4 Å². The molecule has 0 aliphatic rings. The maximum absolute atomic E-state index is 5.87. The number of hydrogen-bond donors (Lipinski definition) is 0. The second-order valence-corrected chi connectivity index (χ2v) is 5.53. The molecule has 1 aromatic heterocycles. The van der Waals surface area contributed by atoms with Crippen molar-refractivity contribution in [2.45, 2.75) is 6.42 Å². The summed E-state index contributed by atoms with van der Waals surface area (Å²) in [5.74, 6) is 0. The van der Waals surface area contributed by atoms with Crippen LogP contribution in [0.15, 0.2) is 28.2 Å². The van der Waals surface area contributed by atoms with E-state index in [1.807, 2.05) is 24.3 Å². The van der Waals surface area contributed by atoms with Crippen molar-refractivity contribution >= 4 is 38.9 Å². The van der Waals surface area contributed by atoms with E-state index in [-0.39, 0.29) is 0 Å². The van der Waals surface area contributed by atoms with Gasteiger partial charge in [-0.25, -0.2) is 0 Å². The van der Waals surface area contributed by atoms with Gasteiger partial charge in [0.15, 0.2) is 3.92 Å². The summed E-state index contributed by atoms with van der Waals surface area (Å²) < 4.78 is 0.814. The van der Waals surface area contributed by atoms with Gasteiger partial charge >= 0.3 is 0 Å². The SMILES string of the molecule is Clc1cccc(Cc2nnc(Br)s2)c1. The van der Waals surface area contributed by atoms with Gasteiger partial charge in [0.1, 0.15) is 5.01 Å². The molecule has 1 aromatic carbocycles. The van der Waals surface area contributed by atoms with Crippen LogP contribution in [0.1, 0.15) is 10.6 Å². The smallest absolute Gasteiger partial charge is 0.142 e. The summed E-state index contributed by atoms with van der Waals surface area (Å²) >= 11 is 10.7. The lowest BCUT2D eigenvalue weighted by molar-refractivity contribution is 0.993. The number of nitrogens with zero attached hydrogens (tertiary/aromatic N) is 2. The van der Waals surface area contributed by atoms with Crippen LogP contribution < -0.4 is 0 Å². The number of hydrogen-bond acceptors (Lipinski definition) is 3. The van der Waals surface area contributed by atoms with Crippen LogP contribution in [-0.2, 0) is 6.42 Å². The fourth-order valence-electron chi connectivity index (χ4n) is 1.13. The van der Waals surface area contributed by atoms with E-state index in [1.165, 1.54) is 11.3 Å². The van der Waals surface area contributed by atoms with Gasteiger partial charge in [0.2, 0.25) is 0 Å². The molecule has 2 rings (SSSR count). The Balaban J connectivity index is 2.18. The summed E-state index contributed by atoms with van der Waals surface area (Å²) in [4.78, 5) is 0. The fourth-order valence-corrected chi connectivity index (χ4v) is 2.58. The van der Waals surface area contributed by atoms with Gasteiger partial charge in [-0.05, 0) is 33.6 Å². The molecule has 0 radical (unpaired) electrons. The molecule has 72 valence electrons. The lowest BCUT2D eigenvalue weighted by Gasteiger charge is -1.96. The van der Waals surface area contributed by atoms with Crippen LogP contribution in [0.2, 0.25) is 5.02 Å².